The van der Waals surface area contributed by atoms with E-state index in [4.69, 9.17) is 5.26 Å². The lowest BCUT2D eigenvalue weighted by Crippen LogP contribution is -2.41. The van der Waals surface area contributed by atoms with Gasteiger partial charge in [-0.1, -0.05) is 6.92 Å². The van der Waals surface area contributed by atoms with Gasteiger partial charge in [-0.25, -0.2) is 0 Å². The zero-order valence-corrected chi connectivity index (χ0v) is 10.3. The number of carbonyl (C=O) groups is 1. The number of hydrogen-bond acceptors (Lipinski definition) is 3. The Morgan fingerprint density at radius 3 is 2.62 bits per heavy atom. The summed E-state index contributed by atoms with van der Waals surface area (Å²) in [4.78, 5) is 14.1. The van der Waals surface area contributed by atoms with Gasteiger partial charge < -0.3 is 10.2 Å². The second-order valence-corrected chi connectivity index (χ2v) is 4.60. The van der Waals surface area contributed by atoms with E-state index >= 15 is 0 Å². The highest BCUT2D eigenvalue weighted by molar-refractivity contribution is 5.84. The number of carbonyl (C=O) groups excluding carboxylic acids is 1. The van der Waals surface area contributed by atoms with E-state index in [0.29, 0.717) is 13.0 Å². The van der Waals surface area contributed by atoms with Gasteiger partial charge in [-0.05, 0) is 39.3 Å². The first-order valence-corrected chi connectivity index (χ1v) is 6.04. The predicted octanol–water partition coefficient (Wildman–Crippen LogP) is 1.14. The molecule has 0 saturated carbocycles. The number of nitrogens with zero attached hydrogens (tertiary/aromatic N) is 2. The molecule has 0 aromatic heterocycles. The third-order valence-corrected chi connectivity index (χ3v) is 3.37. The van der Waals surface area contributed by atoms with Crippen LogP contribution in [0.4, 0.5) is 0 Å². The molecule has 1 heterocycles. The molecule has 1 fully saturated rings. The van der Waals surface area contributed by atoms with Crippen LogP contribution in [0.15, 0.2) is 0 Å². The Labute approximate surface area is 97.6 Å². The van der Waals surface area contributed by atoms with Gasteiger partial charge in [0.2, 0.25) is 5.91 Å². The molecule has 0 radical (unpaired) electrons. The Balaban J connectivity index is 2.26. The van der Waals surface area contributed by atoms with Gasteiger partial charge in [0.25, 0.3) is 0 Å². The van der Waals surface area contributed by atoms with Gasteiger partial charge in [0, 0.05) is 13.1 Å². The number of likely N-dealkylation sites (tertiary alicyclic amines) is 1. The molecule has 1 aliphatic rings. The maximum absolute atomic E-state index is 11.7. The summed E-state index contributed by atoms with van der Waals surface area (Å²) in [5.41, 5.74) is -0.870. The van der Waals surface area contributed by atoms with Crippen molar-refractivity contribution in [3.8, 4) is 6.07 Å². The quantitative estimate of drug-likeness (QED) is 0.760. The second kappa shape index (κ2) is 5.86. The Morgan fingerprint density at radius 1 is 1.50 bits per heavy atom. The standard InChI is InChI=1S/C12H21N3O/c1-3-12(2,10-13)11(16)14-6-9-15-7-4-5-8-15/h3-9H2,1-2H3,(H,14,16). The zero-order chi connectivity index (χ0) is 12.0. The van der Waals surface area contributed by atoms with E-state index in [1.165, 1.54) is 12.8 Å². The Morgan fingerprint density at radius 2 is 2.12 bits per heavy atom. The number of hydrogen-bond donors (Lipinski definition) is 1. The lowest BCUT2D eigenvalue weighted by Gasteiger charge is -2.20. The molecule has 4 heteroatoms. The van der Waals surface area contributed by atoms with Gasteiger partial charge in [0.1, 0.15) is 5.41 Å². The average molecular weight is 223 g/mol. The van der Waals surface area contributed by atoms with E-state index < -0.39 is 5.41 Å². The molecule has 1 aliphatic heterocycles. The third-order valence-electron chi connectivity index (χ3n) is 3.37. The van der Waals surface area contributed by atoms with Gasteiger partial charge >= 0.3 is 0 Å². The minimum absolute atomic E-state index is 0.142. The highest BCUT2D eigenvalue weighted by Gasteiger charge is 2.30. The van der Waals surface area contributed by atoms with Crippen molar-refractivity contribution in [3.63, 3.8) is 0 Å². The largest absolute Gasteiger partial charge is 0.353 e. The molecule has 0 aromatic rings. The minimum Gasteiger partial charge on any atom is -0.353 e. The fraction of sp³-hybridized carbons (Fsp3) is 0.833. The highest BCUT2D eigenvalue weighted by atomic mass is 16.2. The number of rotatable bonds is 5. The molecular weight excluding hydrogens is 202 g/mol. The van der Waals surface area contributed by atoms with Crippen LogP contribution in [0.3, 0.4) is 0 Å². The molecule has 16 heavy (non-hydrogen) atoms. The Hall–Kier alpha value is -1.08. The van der Waals surface area contributed by atoms with Crippen LogP contribution in [-0.2, 0) is 4.79 Å². The summed E-state index contributed by atoms with van der Waals surface area (Å²) in [6.45, 7) is 7.38. The SMILES string of the molecule is CCC(C)(C#N)C(=O)NCCN1CCCC1. The fourth-order valence-corrected chi connectivity index (χ4v) is 1.82. The van der Waals surface area contributed by atoms with Crippen molar-refractivity contribution in [1.29, 1.82) is 5.26 Å². The lowest BCUT2D eigenvalue weighted by atomic mass is 9.88. The summed E-state index contributed by atoms with van der Waals surface area (Å²) in [6.07, 6.45) is 3.08. The summed E-state index contributed by atoms with van der Waals surface area (Å²) < 4.78 is 0. The molecule has 1 rings (SSSR count). The van der Waals surface area contributed by atoms with Crippen molar-refractivity contribution < 1.29 is 4.79 Å². The molecule has 1 unspecified atom stereocenters. The lowest BCUT2D eigenvalue weighted by molar-refractivity contribution is -0.127. The number of amides is 1. The molecular formula is C12H21N3O. The highest BCUT2D eigenvalue weighted by Crippen LogP contribution is 2.19. The van der Waals surface area contributed by atoms with Crippen molar-refractivity contribution >= 4 is 5.91 Å². The monoisotopic (exact) mass is 223 g/mol. The molecule has 0 aromatic carbocycles. The first kappa shape index (κ1) is 13.0. The molecule has 0 bridgehead atoms. The van der Waals surface area contributed by atoms with Crippen molar-refractivity contribution in [2.75, 3.05) is 26.2 Å². The van der Waals surface area contributed by atoms with E-state index in [2.05, 4.69) is 16.3 Å². The van der Waals surface area contributed by atoms with Crippen LogP contribution in [0.25, 0.3) is 0 Å². The maximum Gasteiger partial charge on any atom is 0.240 e. The van der Waals surface area contributed by atoms with E-state index in [-0.39, 0.29) is 5.91 Å². The number of nitriles is 1. The molecule has 0 spiro atoms. The van der Waals surface area contributed by atoms with Crippen LogP contribution in [0, 0.1) is 16.7 Å². The minimum atomic E-state index is -0.870. The summed E-state index contributed by atoms with van der Waals surface area (Å²) in [7, 11) is 0. The topological polar surface area (TPSA) is 56.1 Å². The van der Waals surface area contributed by atoms with Crippen molar-refractivity contribution in [2.24, 2.45) is 5.41 Å². The van der Waals surface area contributed by atoms with Crippen LogP contribution in [-0.4, -0.2) is 37.0 Å². The molecule has 1 N–H and O–H groups in total. The van der Waals surface area contributed by atoms with Crippen molar-refractivity contribution in [3.05, 3.63) is 0 Å². The van der Waals surface area contributed by atoms with Gasteiger partial charge in [-0.15, -0.1) is 0 Å². The molecule has 90 valence electrons. The van der Waals surface area contributed by atoms with E-state index in [9.17, 15) is 4.79 Å². The fourth-order valence-electron chi connectivity index (χ4n) is 1.82. The van der Waals surface area contributed by atoms with E-state index in [1.54, 1.807) is 6.92 Å². The van der Waals surface area contributed by atoms with Crippen LogP contribution in [0.2, 0.25) is 0 Å². The molecule has 1 amide bonds. The van der Waals surface area contributed by atoms with Crippen molar-refractivity contribution in [1.82, 2.24) is 10.2 Å². The normalized spacial score (nSPS) is 20.1. The van der Waals surface area contributed by atoms with Gasteiger partial charge in [0.05, 0.1) is 6.07 Å². The summed E-state index contributed by atoms with van der Waals surface area (Å²) in [5, 5.41) is 11.8. The molecule has 1 atom stereocenters. The second-order valence-electron chi connectivity index (χ2n) is 4.60. The molecule has 1 saturated heterocycles. The van der Waals surface area contributed by atoms with Crippen LogP contribution < -0.4 is 5.32 Å². The maximum atomic E-state index is 11.7. The summed E-state index contributed by atoms with van der Waals surface area (Å²) in [6, 6.07) is 2.08. The summed E-state index contributed by atoms with van der Waals surface area (Å²) in [5.74, 6) is -0.142. The number of nitrogens with one attached hydrogen (secondary N) is 1. The summed E-state index contributed by atoms with van der Waals surface area (Å²) >= 11 is 0. The van der Waals surface area contributed by atoms with Crippen LogP contribution in [0.1, 0.15) is 33.1 Å². The van der Waals surface area contributed by atoms with Gasteiger partial charge in [-0.3, -0.25) is 4.79 Å². The zero-order valence-electron chi connectivity index (χ0n) is 10.3. The average Bonchev–Trinajstić information content (AvgIpc) is 2.80. The van der Waals surface area contributed by atoms with E-state index in [1.807, 2.05) is 6.92 Å². The Kier molecular flexibility index (Phi) is 4.75. The first-order valence-electron chi connectivity index (χ1n) is 6.04. The van der Waals surface area contributed by atoms with Crippen molar-refractivity contribution in [2.45, 2.75) is 33.1 Å². The molecule has 0 aliphatic carbocycles. The smallest absolute Gasteiger partial charge is 0.240 e. The third kappa shape index (κ3) is 3.21. The first-order chi connectivity index (χ1) is 7.62. The van der Waals surface area contributed by atoms with Gasteiger partial charge in [-0.2, -0.15) is 5.26 Å². The Bertz CT molecular complexity index is 278. The molecule has 4 nitrogen and oxygen atoms in total. The van der Waals surface area contributed by atoms with Gasteiger partial charge in [0.15, 0.2) is 0 Å². The van der Waals surface area contributed by atoms with E-state index in [0.717, 1.165) is 19.6 Å². The van der Waals surface area contributed by atoms with Crippen LogP contribution >= 0.6 is 0 Å². The predicted molar refractivity (Wildman–Crippen MR) is 62.7 cm³/mol. The van der Waals surface area contributed by atoms with Crippen LogP contribution in [0.5, 0.6) is 0 Å².